The maximum Gasteiger partial charge on any atom is 0.490 e. The van der Waals surface area contributed by atoms with Crippen molar-refractivity contribution in [2.45, 2.75) is 45.5 Å². The van der Waals surface area contributed by atoms with Crippen molar-refractivity contribution in [2.24, 2.45) is 5.92 Å². The fourth-order valence-electron chi connectivity index (χ4n) is 3.89. The molecule has 0 radical (unpaired) electrons. The van der Waals surface area contributed by atoms with Gasteiger partial charge >= 0.3 is 12.1 Å². The summed E-state index contributed by atoms with van der Waals surface area (Å²) in [5, 5.41) is 13.8. The predicted molar refractivity (Wildman–Crippen MR) is 135 cm³/mol. The first-order chi connectivity index (χ1) is 17.5. The number of fused-ring (bicyclic) bond motifs is 1. The smallest absolute Gasteiger partial charge is 0.475 e. The molecule has 1 heterocycles. The van der Waals surface area contributed by atoms with Gasteiger partial charge in [-0.05, 0) is 47.6 Å². The zero-order chi connectivity index (χ0) is 27.0. The molecule has 1 aromatic heterocycles. The summed E-state index contributed by atoms with van der Waals surface area (Å²) in [4.78, 5) is 25.7. The highest BCUT2D eigenvalue weighted by Gasteiger charge is 2.38. The molecule has 0 atom stereocenters. The molecule has 0 fully saturated rings. The second kappa shape index (κ2) is 12.5. The standard InChI is InChI=1S/C26H29N3O.C2HF3O2/c1-18(2)16-29-26(30)23-11-12-27-25(15-23)20-9-7-19(8-10-20)17-28-24-13-21-5-3-4-6-22(21)14-24;3-2(4,5)1(6)7/h3-12,15,18,24,28H,13-14,16-17H2,1-2H3,(H,29,30);(H,6,7). The Labute approximate surface area is 213 Å². The largest absolute Gasteiger partial charge is 0.490 e. The van der Waals surface area contributed by atoms with E-state index in [4.69, 9.17) is 9.90 Å². The van der Waals surface area contributed by atoms with E-state index in [0.29, 0.717) is 24.1 Å². The molecule has 1 aliphatic carbocycles. The lowest BCUT2D eigenvalue weighted by molar-refractivity contribution is -0.192. The number of carbonyl (C=O) groups is 2. The van der Waals surface area contributed by atoms with Crippen LogP contribution in [0.5, 0.6) is 0 Å². The molecule has 9 heteroatoms. The Morgan fingerprint density at radius 1 is 1.03 bits per heavy atom. The van der Waals surface area contributed by atoms with E-state index >= 15 is 0 Å². The molecular formula is C28H30F3N3O3. The van der Waals surface area contributed by atoms with Crippen LogP contribution in [0.4, 0.5) is 13.2 Å². The van der Waals surface area contributed by atoms with Crippen LogP contribution in [0.1, 0.15) is 40.9 Å². The Morgan fingerprint density at radius 3 is 2.16 bits per heavy atom. The molecule has 37 heavy (non-hydrogen) atoms. The van der Waals surface area contributed by atoms with E-state index in [-0.39, 0.29) is 5.91 Å². The van der Waals surface area contributed by atoms with Gasteiger partial charge in [-0.25, -0.2) is 4.79 Å². The predicted octanol–water partition coefficient (Wildman–Crippen LogP) is 5.02. The number of aromatic nitrogens is 1. The summed E-state index contributed by atoms with van der Waals surface area (Å²) >= 11 is 0. The van der Waals surface area contributed by atoms with E-state index in [9.17, 15) is 18.0 Å². The quantitative estimate of drug-likeness (QED) is 0.413. The second-order valence-corrected chi connectivity index (χ2v) is 9.29. The molecule has 3 aromatic rings. The van der Waals surface area contributed by atoms with Crippen LogP contribution in [-0.4, -0.2) is 40.7 Å². The fraction of sp³-hybridized carbons (Fsp3) is 0.321. The molecule has 196 valence electrons. The number of nitrogens with zero attached hydrogens (tertiary/aromatic N) is 1. The zero-order valence-electron chi connectivity index (χ0n) is 20.7. The van der Waals surface area contributed by atoms with Crippen molar-refractivity contribution < 1.29 is 27.9 Å². The topological polar surface area (TPSA) is 91.3 Å². The molecule has 0 saturated heterocycles. The first-order valence-electron chi connectivity index (χ1n) is 12.0. The fourth-order valence-corrected chi connectivity index (χ4v) is 3.89. The Bertz CT molecular complexity index is 1190. The Balaban J connectivity index is 0.000000479. The molecule has 1 aliphatic rings. The van der Waals surface area contributed by atoms with Crippen LogP contribution in [0.2, 0.25) is 0 Å². The molecule has 0 spiro atoms. The lowest BCUT2D eigenvalue weighted by Crippen LogP contribution is -2.28. The van der Waals surface area contributed by atoms with Crippen LogP contribution in [0.15, 0.2) is 66.9 Å². The van der Waals surface area contributed by atoms with Gasteiger partial charge in [-0.15, -0.1) is 0 Å². The zero-order valence-corrected chi connectivity index (χ0v) is 20.7. The van der Waals surface area contributed by atoms with Gasteiger partial charge in [0.2, 0.25) is 0 Å². The maximum atomic E-state index is 12.3. The summed E-state index contributed by atoms with van der Waals surface area (Å²) in [5.41, 5.74) is 6.67. The van der Waals surface area contributed by atoms with Gasteiger partial charge in [-0.3, -0.25) is 9.78 Å². The van der Waals surface area contributed by atoms with E-state index in [1.54, 1.807) is 12.3 Å². The van der Waals surface area contributed by atoms with Crippen LogP contribution >= 0.6 is 0 Å². The van der Waals surface area contributed by atoms with Crippen molar-refractivity contribution in [1.82, 2.24) is 15.6 Å². The lowest BCUT2D eigenvalue weighted by Gasteiger charge is -2.12. The van der Waals surface area contributed by atoms with Gasteiger partial charge in [0.1, 0.15) is 0 Å². The van der Waals surface area contributed by atoms with Gasteiger partial charge in [0.25, 0.3) is 5.91 Å². The summed E-state index contributed by atoms with van der Waals surface area (Å²) in [6.07, 6.45) is -1.18. The number of rotatable bonds is 7. The number of carboxylic acid groups (broad SMARTS) is 1. The number of hydrogen-bond acceptors (Lipinski definition) is 4. The molecule has 1 amide bonds. The van der Waals surface area contributed by atoms with E-state index in [0.717, 1.165) is 30.6 Å². The number of hydrogen-bond donors (Lipinski definition) is 3. The van der Waals surface area contributed by atoms with Gasteiger partial charge in [0.15, 0.2) is 0 Å². The Kier molecular flexibility index (Phi) is 9.41. The third-order valence-electron chi connectivity index (χ3n) is 5.83. The highest BCUT2D eigenvalue weighted by Crippen LogP contribution is 2.23. The maximum absolute atomic E-state index is 12.3. The van der Waals surface area contributed by atoms with Crippen molar-refractivity contribution >= 4 is 11.9 Å². The number of alkyl halides is 3. The minimum Gasteiger partial charge on any atom is -0.475 e. The summed E-state index contributed by atoms with van der Waals surface area (Å²) in [6, 6.07) is 21.3. The molecular weight excluding hydrogens is 483 g/mol. The van der Waals surface area contributed by atoms with Crippen molar-refractivity contribution in [1.29, 1.82) is 0 Å². The van der Waals surface area contributed by atoms with Crippen molar-refractivity contribution in [3.63, 3.8) is 0 Å². The van der Waals surface area contributed by atoms with E-state index in [2.05, 4.69) is 78.0 Å². The van der Waals surface area contributed by atoms with Crippen LogP contribution in [0.3, 0.4) is 0 Å². The van der Waals surface area contributed by atoms with Crippen LogP contribution in [0, 0.1) is 5.92 Å². The minimum atomic E-state index is -5.08. The number of carboxylic acids is 1. The van der Waals surface area contributed by atoms with Crippen LogP contribution in [0.25, 0.3) is 11.3 Å². The van der Waals surface area contributed by atoms with E-state index in [1.165, 1.54) is 16.7 Å². The SMILES string of the molecule is CC(C)CNC(=O)c1ccnc(-c2ccc(CNC3Cc4ccccc4C3)cc2)c1.O=C(O)C(F)(F)F. The van der Waals surface area contributed by atoms with Gasteiger partial charge in [-0.2, -0.15) is 13.2 Å². The summed E-state index contributed by atoms with van der Waals surface area (Å²) in [7, 11) is 0. The number of nitrogens with one attached hydrogen (secondary N) is 2. The number of pyridine rings is 1. The summed E-state index contributed by atoms with van der Waals surface area (Å²) in [5.74, 6) is -2.38. The third-order valence-corrected chi connectivity index (χ3v) is 5.83. The average Bonchev–Trinajstić information content (AvgIpc) is 3.29. The normalized spacial score (nSPS) is 13.0. The van der Waals surface area contributed by atoms with Gasteiger partial charge in [-0.1, -0.05) is 62.4 Å². The summed E-state index contributed by atoms with van der Waals surface area (Å²) in [6.45, 7) is 5.69. The molecule has 4 rings (SSSR count). The van der Waals surface area contributed by atoms with Gasteiger partial charge in [0, 0.05) is 36.5 Å². The molecule has 0 aliphatic heterocycles. The first-order valence-corrected chi connectivity index (χ1v) is 12.0. The number of aliphatic carboxylic acids is 1. The Morgan fingerprint density at radius 2 is 1.62 bits per heavy atom. The van der Waals surface area contributed by atoms with Crippen molar-refractivity contribution in [3.05, 3.63) is 89.1 Å². The van der Waals surface area contributed by atoms with E-state index in [1.807, 2.05) is 6.07 Å². The number of amides is 1. The average molecular weight is 514 g/mol. The van der Waals surface area contributed by atoms with Crippen molar-refractivity contribution in [2.75, 3.05) is 6.54 Å². The monoisotopic (exact) mass is 513 g/mol. The molecule has 0 unspecified atom stereocenters. The van der Waals surface area contributed by atoms with Crippen molar-refractivity contribution in [3.8, 4) is 11.3 Å². The molecule has 3 N–H and O–H groups in total. The van der Waals surface area contributed by atoms with E-state index < -0.39 is 12.1 Å². The van der Waals surface area contributed by atoms with Crippen LogP contribution in [-0.2, 0) is 24.2 Å². The number of halogens is 3. The third kappa shape index (κ3) is 8.42. The Hall–Kier alpha value is -3.72. The van der Waals surface area contributed by atoms with Crippen LogP contribution < -0.4 is 10.6 Å². The highest BCUT2D eigenvalue weighted by atomic mass is 19.4. The molecule has 0 saturated carbocycles. The highest BCUT2D eigenvalue weighted by molar-refractivity contribution is 5.95. The summed E-state index contributed by atoms with van der Waals surface area (Å²) < 4.78 is 31.7. The lowest BCUT2D eigenvalue weighted by atomic mass is 10.1. The van der Waals surface area contributed by atoms with Gasteiger partial charge in [0.05, 0.1) is 5.69 Å². The van der Waals surface area contributed by atoms with Gasteiger partial charge < -0.3 is 15.7 Å². The number of carbonyl (C=O) groups excluding carboxylic acids is 1. The minimum absolute atomic E-state index is 0.0502. The molecule has 6 nitrogen and oxygen atoms in total. The molecule has 0 bridgehead atoms. The number of benzene rings is 2. The second-order valence-electron chi connectivity index (χ2n) is 9.29. The molecule has 2 aromatic carbocycles. The first kappa shape index (κ1) is 27.9.